The van der Waals surface area contributed by atoms with Crippen LogP contribution in [-0.2, 0) is 24.0 Å². The molecule has 0 saturated heterocycles. The lowest BCUT2D eigenvalue weighted by Gasteiger charge is -2.25. The van der Waals surface area contributed by atoms with E-state index in [2.05, 4.69) is 106 Å². The molecule has 0 aliphatic carbocycles. The Labute approximate surface area is 182 Å². The van der Waals surface area contributed by atoms with Gasteiger partial charge in [-0.15, -0.1) is 0 Å². The summed E-state index contributed by atoms with van der Waals surface area (Å²) in [6.45, 7) is 4.32. The summed E-state index contributed by atoms with van der Waals surface area (Å²) in [6.07, 6.45) is 1.69. The molecule has 2 nitrogen and oxygen atoms in total. The average Bonchev–Trinajstić information content (AvgIpc) is 3.16. The normalized spacial score (nSPS) is 25.0. The third-order valence-electron chi connectivity index (χ3n) is 5.88. The Morgan fingerprint density at radius 2 is 1.00 bits per heavy atom. The largest absolute Gasteiger partial charge is 0.482 e. The van der Waals surface area contributed by atoms with Crippen LogP contribution in [-0.4, -0.2) is 0 Å². The van der Waals surface area contributed by atoms with Crippen molar-refractivity contribution in [3.05, 3.63) is 91.9 Å². The lowest BCUT2D eigenvalue weighted by Crippen LogP contribution is -2.27. The van der Waals surface area contributed by atoms with Crippen LogP contribution in [0.25, 0.3) is 0 Å². The average molecular weight is 500 g/mol. The number of rotatable bonds is 2. The fraction of sp³-hybridized carbons (Fsp3) is 0.250. The van der Waals surface area contributed by atoms with E-state index in [9.17, 15) is 0 Å². The number of benzene rings is 3. The minimum atomic E-state index is -0.340. The molecule has 3 aromatic carbocycles. The Balaban J connectivity index is 1.44. The highest BCUT2D eigenvalue weighted by atomic mass is 79.9. The van der Waals surface area contributed by atoms with Gasteiger partial charge in [-0.05, 0) is 61.4 Å². The fourth-order valence-electron chi connectivity index (χ4n) is 4.32. The topological polar surface area (TPSA) is 18.5 Å². The predicted octanol–water partition coefficient (Wildman–Crippen LogP) is 6.91. The van der Waals surface area contributed by atoms with Crippen molar-refractivity contribution in [1.82, 2.24) is 0 Å². The van der Waals surface area contributed by atoms with Gasteiger partial charge in [0, 0.05) is 32.9 Å². The third-order valence-corrected chi connectivity index (χ3v) is 6.94. The molecule has 0 bridgehead atoms. The number of hydrogen-bond donors (Lipinski definition) is 0. The zero-order valence-corrected chi connectivity index (χ0v) is 18.9. The molecule has 0 spiro atoms. The molecule has 2 aliphatic rings. The van der Waals surface area contributed by atoms with Crippen molar-refractivity contribution < 1.29 is 9.47 Å². The van der Waals surface area contributed by atoms with Crippen LogP contribution in [0.2, 0.25) is 0 Å². The third kappa shape index (κ3) is 2.98. The van der Waals surface area contributed by atoms with Gasteiger partial charge in [0.15, 0.2) is 0 Å². The van der Waals surface area contributed by atoms with Crippen molar-refractivity contribution in [1.29, 1.82) is 0 Å². The van der Waals surface area contributed by atoms with Gasteiger partial charge in [0.2, 0.25) is 0 Å². The molecular formula is C24H20Br2O2. The first-order chi connectivity index (χ1) is 13.3. The van der Waals surface area contributed by atoms with Gasteiger partial charge in [0.25, 0.3) is 0 Å². The van der Waals surface area contributed by atoms with E-state index in [1.807, 2.05) is 0 Å². The summed E-state index contributed by atoms with van der Waals surface area (Å²) in [4.78, 5) is 0. The number of fused-ring (bicyclic) bond motifs is 2. The lowest BCUT2D eigenvalue weighted by molar-refractivity contribution is 0.114. The van der Waals surface area contributed by atoms with E-state index < -0.39 is 0 Å². The van der Waals surface area contributed by atoms with E-state index in [4.69, 9.17) is 9.47 Å². The quantitative estimate of drug-likeness (QED) is 0.381. The summed E-state index contributed by atoms with van der Waals surface area (Å²) >= 11 is 7.02. The minimum absolute atomic E-state index is 0.340. The first kappa shape index (κ1) is 18.3. The second-order valence-corrected chi connectivity index (χ2v) is 9.93. The van der Waals surface area contributed by atoms with Gasteiger partial charge in [-0.3, -0.25) is 0 Å². The Kier molecular flexibility index (Phi) is 4.15. The molecule has 0 amide bonds. The highest BCUT2D eigenvalue weighted by Crippen LogP contribution is 2.49. The van der Waals surface area contributed by atoms with E-state index in [1.54, 1.807) is 0 Å². The number of halogens is 2. The van der Waals surface area contributed by atoms with Crippen molar-refractivity contribution in [3.8, 4) is 11.5 Å². The van der Waals surface area contributed by atoms with Gasteiger partial charge in [-0.1, -0.05) is 56.1 Å². The Hall–Kier alpha value is -1.78. The van der Waals surface area contributed by atoms with Gasteiger partial charge < -0.3 is 9.47 Å². The van der Waals surface area contributed by atoms with Crippen LogP contribution < -0.4 is 9.47 Å². The van der Waals surface area contributed by atoms with Gasteiger partial charge in [0.1, 0.15) is 22.7 Å². The van der Waals surface area contributed by atoms with Crippen molar-refractivity contribution in [2.24, 2.45) is 0 Å². The number of hydrogen-bond acceptors (Lipinski definition) is 2. The summed E-state index contributed by atoms with van der Waals surface area (Å²) in [5, 5.41) is 0. The Bertz CT molecular complexity index is 937. The van der Waals surface area contributed by atoms with Crippen LogP contribution in [0.3, 0.4) is 0 Å². The van der Waals surface area contributed by atoms with Crippen molar-refractivity contribution in [2.75, 3.05) is 0 Å². The molecule has 0 radical (unpaired) electrons. The summed E-state index contributed by atoms with van der Waals surface area (Å²) in [5.41, 5.74) is 4.12. The molecule has 3 aromatic rings. The van der Waals surface area contributed by atoms with E-state index >= 15 is 0 Å². The van der Waals surface area contributed by atoms with Crippen LogP contribution in [0.1, 0.15) is 36.1 Å². The van der Waals surface area contributed by atoms with Crippen LogP contribution >= 0.6 is 31.9 Å². The molecule has 5 rings (SSSR count). The molecule has 0 fully saturated rings. The Morgan fingerprint density at radius 3 is 1.36 bits per heavy atom. The highest BCUT2D eigenvalue weighted by molar-refractivity contribution is 9.10. The predicted molar refractivity (Wildman–Crippen MR) is 118 cm³/mol. The van der Waals surface area contributed by atoms with E-state index in [0.29, 0.717) is 0 Å². The standard InChI is InChI=1S/C24H20Br2O2/c1-23(17-3-7-19(25)8-4-17)13-15-11-22-16(12-21(15)27-23)14-24(2,28-22)18-5-9-20(26)10-6-18/h3-12H,13-14H2,1-2H3/t23-,24-/m0/s1. The van der Waals surface area contributed by atoms with Gasteiger partial charge in [0.05, 0.1) is 0 Å². The van der Waals surface area contributed by atoms with Crippen molar-refractivity contribution in [2.45, 2.75) is 37.9 Å². The Morgan fingerprint density at radius 1 is 0.643 bits per heavy atom. The molecule has 2 heterocycles. The molecule has 4 heteroatoms. The maximum absolute atomic E-state index is 6.46. The molecule has 2 atom stereocenters. The van der Waals surface area contributed by atoms with Gasteiger partial charge in [-0.25, -0.2) is 0 Å². The molecule has 28 heavy (non-hydrogen) atoms. The second-order valence-electron chi connectivity index (χ2n) is 8.10. The summed E-state index contributed by atoms with van der Waals surface area (Å²) < 4.78 is 15.1. The van der Waals surface area contributed by atoms with E-state index in [-0.39, 0.29) is 11.2 Å². The SMILES string of the molecule is C[C@@]1(c2ccc(Br)cc2)Cc2cc3c(cc2O1)C[C@@](C)(c1ccc(Br)cc1)O3. The fourth-order valence-corrected chi connectivity index (χ4v) is 4.85. The molecule has 2 aliphatic heterocycles. The van der Waals surface area contributed by atoms with Crippen LogP contribution in [0.15, 0.2) is 69.6 Å². The van der Waals surface area contributed by atoms with Crippen molar-refractivity contribution in [3.63, 3.8) is 0 Å². The van der Waals surface area contributed by atoms with Gasteiger partial charge >= 0.3 is 0 Å². The first-order valence-corrected chi connectivity index (χ1v) is 11.0. The smallest absolute Gasteiger partial charge is 0.135 e. The van der Waals surface area contributed by atoms with Crippen molar-refractivity contribution >= 4 is 31.9 Å². The summed E-state index contributed by atoms with van der Waals surface area (Å²) in [6, 6.07) is 21.2. The maximum Gasteiger partial charge on any atom is 0.135 e. The summed E-state index contributed by atoms with van der Waals surface area (Å²) in [7, 11) is 0. The zero-order valence-electron chi connectivity index (χ0n) is 15.8. The number of ether oxygens (including phenoxy) is 2. The monoisotopic (exact) mass is 498 g/mol. The highest BCUT2D eigenvalue weighted by Gasteiger charge is 2.41. The molecule has 0 aromatic heterocycles. The van der Waals surface area contributed by atoms with Crippen LogP contribution in [0.4, 0.5) is 0 Å². The lowest BCUT2D eigenvalue weighted by atomic mass is 9.89. The zero-order chi connectivity index (χ0) is 19.5. The molecule has 0 saturated carbocycles. The maximum atomic E-state index is 6.46. The second kappa shape index (κ2) is 6.36. The van der Waals surface area contributed by atoms with Crippen LogP contribution in [0.5, 0.6) is 11.5 Å². The van der Waals surface area contributed by atoms with E-state index in [1.165, 1.54) is 22.3 Å². The molecule has 0 unspecified atom stereocenters. The van der Waals surface area contributed by atoms with Crippen LogP contribution in [0, 0.1) is 0 Å². The first-order valence-electron chi connectivity index (χ1n) is 9.41. The molecule has 142 valence electrons. The minimum Gasteiger partial charge on any atom is -0.482 e. The van der Waals surface area contributed by atoms with Gasteiger partial charge in [-0.2, -0.15) is 0 Å². The summed E-state index contributed by atoms with van der Waals surface area (Å²) in [5.74, 6) is 1.96. The molecule has 0 N–H and O–H groups in total. The van der Waals surface area contributed by atoms with E-state index in [0.717, 1.165) is 33.3 Å². The molecular weight excluding hydrogens is 480 g/mol.